The van der Waals surface area contributed by atoms with E-state index in [4.69, 9.17) is 4.74 Å². The summed E-state index contributed by atoms with van der Waals surface area (Å²) in [4.78, 5) is 11.1. The van der Waals surface area contributed by atoms with Crippen LogP contribution < -0.4 is 0 Å². The molecule has 13 heavy (non-hydrogen) atoms. The summed E-state index contributed by atoms with van der Waals surface area (Å²) >= 11 is 0. The number of ether oxygens (including phenoxy) is 1. The van der Waals surface area contributed by atoms with E-state index in [1.54, 1.807) is 6.92 Å². The van der Waals surface area contributed by atoms with Crippen LogP contribution in [0.1, 0.15) is 40.0 Å². The van der Waals surface area contributed by atoms with Crippen molar-refractivity contribution in [1.82, 2.24) is 0 Å². The summed E-state index contributed by atoms with van der Waals surface area (Å²) in [5.41, 5.74) is 1.73. The monoisotopic (exact) mass is 180 g/mol. The summed E-state index contributed by atoms with van der Waals surface area (Å²) < 4.78 is 5.08. The second kappa shape index (κ2) is 4.26. The molecule has 1 aliphatic heterocycles. The highest BCUT2D eigenvalue weighted by molar-refractivity contribution is 5.93. The van der Waals surface area contributed by atoms with Crippen LogP contribution in [-0.4, -0.2) is 5.97 Å². The molecular formula is C11H16O2. The number of rotatable bonds is 3. The number of carbonyl (C=O) groups excluding carboxylic acids is 1. The van der Waals surface area contributed by atoms with E-state index in [0.29, 0.717) is 0 Å². The maximum atomic E-state index is 11.1. The first-order valence-corrected chi connectivity index (χ1v) is 4.77. The lowest BCUT2D eigenvalue weighted by Gasteiger charge is -1.98. The van der Waals surface area contributed by atoms with Gasteiger partial charge in [-0.25, -0.2) is 4.79 Å². The molecule has 0 unspecified atom stereocenters. The summed E-state index contributed by atoms with van der Waals surface area (Å²) in [7, 11) is 0. The van der Waals surface area contributed by atoms with Gasteiger partial charge in [0.1, 0.15) is 5.76 Å². The van der Waals surface area contributed by atoms with Gasteiger partial charge in [-0.15, -0.1) is 0 Å². The molecule has 2 nitrogen and oxygen atoms in total. The number of cyclic esters (lactones) is 1. The molecule has 0 aromatic carbocycles. The van der Waals surface area contributed by atoms with Crippen molar-refractivity contribution in [2.45, 2.75) is 40.0 Å². The zero-order valence-corrected chi connectivity index (χ0v) is 8.52. The van der Waals surface area contributed by atoms with Crippen LogP contribution in [0.3, 0.4) is 0 Å². The first kappa shape index (κ1) is 10.0. The Morgan fingerprint density at radius 1 is 1.31 bits per heavy atom. The van der Waals surface area contributed by atoms with Gasteiger partial charge in [-0.05, 0) is 32.8 Å². The third-order valence-corrected chi connectivity index (χ3v) is 2.33. The lowest BCUT2D eigenvalue weighted by Crippen LogP contribution is -1.94. The number of carbonyl (C=O) groups is 1. The van der Waals surface area contributed by atoms with Crippen molar-refractivity contribution >= 4 is 5.97 Å². The van der Waals surface area contributed by atoms with Crippen molar-refractivity contribution in [2.75, 3.05) is 0 Å². The molecular weight excluding hydrogens is 164 g/mol. The third kappa shape index (κ3) is 2.20. The quantitative estimate of drug-likeness (QED) is 0.493. The zero-order valence-electron chi connectivity index (χ0n) is 8.52. The van der Waals surface area contributed by atoms with E-state index in [1.807, 2.05) is 13.0 Å². The molecule has 0 spiro atoms. The normalized spacial score (nSPS) is 19.9. The maximum Gasteiger partial charge on any atom is 0.339 e. The fraction of sp³-hybridized carbons (Fsp3) is 0.545. The predicted octanol–water partition coefficient (Wildman–Crippen LogP) is 2.95. The Morgan fingerprint density at radius 2 is 2.00 bits per heavy atom. The second-order valence-electron chi connectivity index (χ2n) is 3.35. The Kier molecular flexibility index (Phi) is 3.29. The van der Waals surface area contributed by atoms with E-state index in [-0.39, 0.29) is 5.97 Å². The van der Waals surface area contributed by atoms with Crippen LogP contribution in [0.2, 0.25) is 0 Å². The van der Waals surface area contributed by atoms with Gasteiger partial charge < -0.3 is 4.74 Å². The second-order valence-corrected chi connectivity index (χ2v) is 3.35. The van der Waals surface area contributed by atoms with Crippen molar-refractivity contribution in [3.05, 3.63) is 23.0 Å². The number of allylic oxidation sites excluding steroid dienone is 2. The number of esters is 1. The number of hydrogen-bond donors (Lipinski definition) is 0. The Bertz CT molecular complexity index is 272. The summed E-state index contributed by atoms with van der Waals surface area (Å²) in [5, 5.41) is 0. The van der Waals surface area contributed by atoms with Gasteiger partial charge in [-0.3, -0.25) is 0 Å². The highest BCUT2D eigenvalue weighted by Crippen LogP contribution is 2.25. The van der Waals surface area contributed by atoms with Gasteiger partial charge in [-0.1, -0.05) is 13.3 Å². The van der Waals surface area contributed by atoms with Gasteiger partial charge in [-0.2, -0.15) is 0 Å². The molecule has 72 valence electrons. The van der Waals surface area contributed by atoms with Gasteiger partial charge in [0.2, 0.25) is 0 Å². The molecule has 1 rings (SSSR count). The molecule has 0 fully saturated rings. The van der Waals surface area contributed by atoms with E-state index in [1.165, 1.54) is 6.42 Å². The summed E-state index contributed by atoms with van der Waals surface area (Å²) in [5.74, 6) is 0.566. The minimum absolute atomic E-state index is 0.194. The van der Waals surface area contributed by atoms with Gasteiger partial charge in [0, 0.05) is 11.1 Å². The van der Waals surface area contributed by atoms with Crippen molar-refractivity contribution in [3.8, 4) is 0 Å². The van der Waals surface area contributed by atoms with E-state index in [2.05, 4.69) is 6.92 Å². The minimum atomic E-state index is -0.194. The molecule has 1 heterocycles. The molecule has 0 saturated carbocycles. The highest BCUT2D eigenvalue weighted by Gasteiger charge is 2.22. The van der Waals surface area contributed by atoms with Crippen LogP contribution in [0.5, 0.6) is 0 Å². The standard InChI is InChI=1S/C11H16O2/c1-4-5-6-7-10-8(2)9(3)11(12)13-10/h7H,4-6H2,1-3H3/b10-7-. The smallest absolute Gasteiger partial charge is 0.339 e. The fourth-order valence-corrected chi connectivity index (χ4v) is 1.22. The Labute approximate surface area is 79.3 Å². The topological polar surface area (TPSA) is 26.3 Å². The van der Waals surface area contributed by atoms with E-state index in [9.17, 15) is 4.79 Å². The van der Waals surface area contributed by atoms with Crippen LogP contribution in [-0.2, 0) is 9.53 Å². The van der Waals surface area contributed by atoms with Crippen LogP contribution in [0, 0.1) is 0 Å². The first-order valence-electron chi connectivity index (χ1n) is 4.77. The zero-order chi connectivity index (χ0) is 9.84. The molecule has 0 aliphatic carbocycles. The van der Waals surface area contributed by atoms with Crippen LogP contribution in [0.15, 0.2) is 23.0 Å². The molecule has 0 radical (unpaired) electrons. The van der Waals surface area contributed by atoms with E-state index in [0.717, 1.165) is 29.7 Å². The Hall–Kier alpha value is -1.05. The minimum Gasteiger partial charge on any atom is -0.423 e. The summed E-state index contributed by atoms with van der Waals surface area (Å²) in [6, 6.07) is 0. The Morgan fingerprint density at radius 3 is 2.46 bits per heavy atom. The van der Waals surface area contributed by atoms with Crippen LogP contribution >= 0.6 is 0 Å². The van der Waals surface area contributed by atoms with Crippen LogP contribution in [0.4, 0.5) is 0 Å². The molecule has 0 N–H and O–H groups in total. The number of hydrogen-bond acceptors (Lipinski definition) is 2. The van der Waals surface area contributed by atoms with Crippen molar-refractivity contribution in [3.63, 3.8) is 0 Å². The molecule has 0 aromatic rings. The summed E-state index contributed by atoms with van der Waals surface area (Å²) in [6.07, 6.45) is 5.31. The lowest BCUT2D eigenvalue weighted by atomic mass is 10.1. The molecule has 2 heteroatoms. The molecule has 0 atom stereocenters. The van der Waals surface area contributed by atoms with Crippen molar-refractivity contribution < 1.29 is 9.53 Å². The highest BCUT2D eigenvalue weighted by atomic mass is 16.5. The molecule has 0 aromatic heterocycles. The average molecular weight is 180 g/mol. The van der Waals surface area contributed by atoms with Crippen molar-refractivity contribution in [1.29, 1.82) is 0 Å². The molecule has 0 bridgehead atoms. The Balaban J connectivity index is 2.64. The van der Waals surface area contributed by atoms with Gasteiger partial charge in [0.05, 0.1) is 0 Å². The number of unbranched alkanes of at least 4 members (excludes halogenated alkanes) is 2. The largest absolute Gasteiger partial charge is 0.423 e. The maximum absolute atomic E-state index is 11.1. The van der Waals surface area contributed by atoms with Crippen LogP contribution in [0.25, 0.3) is 0 Å². The SMILES string of the molecule is CCCC/C=C1\OC(=O)C(C)=C1C. The van der Waals surface area contributed by atoms with Crippen molar-refractivity contribution in [2.24, 2.45) is 0 Å². The predicted molar refractivity (Wildman–Crippen MR) is 52.1 cm³/mol. The molecule has 0 amide bonds. The lowest BCUT2D eigenvalue weighted by molar-refractivity contribution is -0.133. The van der Waals surface area contributed by atoms with E-state index >= 15 is 0 Å². The fourth-order valence-electron chi connectivity index (χ4n) is 1.22. The first-order chi connectivity index (χ1) is 6.16. The average Bonchev–Trinajstić information content (AvgIpc) is 2.34. The molecule has 1 aliphatic rings. The molecule has 0 saturated heterocycles. The third-order valence-electron chi connectivity index (χ3n) is 2.33. The van der Waals surface area contributed by atoms with Gasteiger partial charge in [0.25, 0.3) is 0 Å². The van der Waals surface area contributed by atoms with Gasteiger partial charge >= 0.3 is 5.97 Å². The van der Waals surface area contributed by atoms with Gasteiger partial charge in [0.15, 0.2) is 0 Å². The summed E-state index contributed by atoms with van der Waals surface area (Å²) in [6.45, 7) is 5.88. The van der Waals surface area contributed by atoms with E-state index < -0.39 is 0 Å².